The number of nitrogens with two attached hydrogens (primary N) is 2. The van der Waals surface area contributed by atoms with E-state index in [0.29, 0.717) is 13.1 Å². The summed E-state index contributed by atoms with van der Waals surface area (Å²) in [6.45, 7) is 5.88. The van der Waals surface area contributed by atoms with Crippen molar-refractivity contribution in [2.24, 2.45) is 11.5 Å². The Kier molecular flexibility index (Phi) is 5.25. The Labute approximate surface area is 91.3 Å². The van der Waals surface area contributed by atoms with E-state index in [1.54, 1.807) is 0 Å². The summed E-state index contributed by atoms with van der Waals surface area (Å²) < 4.78 is 0. The van der Waals surface area contributed by atoms with Crippen LogP contribution >= 0.6 is 0 Å². The first kappa shape index (κ1) is 12.1. The molecule has 0 spiro atoms. The molecule has 0 aliphatic rings. The van der Waals surface area contributed by atoms with E-state index in [2.05, 4.69) is 9.88 Å². The number of hydrogen-bond acceptors (Lipinski definition) is 4. The quantitative estimate of drug-likeness (QED) is 0.696. The van der Waals surface area contributed by atoms with Crippen LogP contribution in [-0.2, 0) is 6.54 Å². The van der Waals surface area contributed by atoms with E-state index in [-0.39, 0.29) is 0 Å². The van der Waals surface area contributed by atoms with Gasteiger partial charge in [0, 0.05) is 38.4 Å². The van der Waals surface area contributed by atoms with Gasteiger partial charge in [-0.2, -0.15) is 0 Å². The Hall–Kier alpha value is -0.970. The van der Waals surface area contributed by atoms with Crippen LogP contribution in [0.2, 0.25) is 0 Å². The Morgan fingerprint density at radius 2 is 1.87 bits per heavy atom. The Morgan fingerprint density at radius 3 is 2.40 bits per heavy atom. The fourth-order valence-electron chi connectivity index (χ4n) is 1.55. The van der Waals surface area contributed by atoms with E-state index in [9.17, 15) is 0 Å². The van der Waals surface area contributed by atoms with E-state index in [1.807, 2.05) is 25.1 Å². The molecule has 0 saturated carbocycles. The van der Waals surface area contributed by atoms with Crippen LogP contribution in [0.4, 0.5) is 0 Å². The van der Waals surface area contributed by atoms with Gasteiger partial charge in [-0.3, -0.25) is 9.88 Å². The molecule has 1 heterocycles. The molecule has 0 saturated heterocycles. The molecular formula is C11H20N4. The zero-order chi connectivity index (χ0) is 11.1. The first-order valence-corrected chi connectivity index (χ1v) is 5.31. The first-order chi connectivity index (χ1) is 7.26. The number of aromatic nitrogens is 1. The van der Waals surface area contributed by atoms with Crippen molar-refractivity contribution in [2.45, 2.75) is 13.5 Å². The number of aryl methyl sites for hydroxylation is 1. The van der Waals surface area contributed by atoms with Crippen LogP contribution in [0.5, 0.6) is 0 Å². The van der Waals surface area contributed by atoms with Gasteiger partial charge in [0.2, 0.25) is 0 Å². The first-order valence-electron chi connectivity index (χ1n) is 5.31. The van der Waals surface area contributed by atoms with Crippen LogP contribution in [0.3, 0.4) is 0 Å². The largest absolute Gasteiger partial charge is 0.329 e. The molecule has 0 radical (unpaired) electrons. The standard InChI is InChI=1S/C11H20N4/c1-10-3-2-4-11(14-10)9-15(7-5-12)8-6-13/h2-4H,5-9,12-13H2,1H3. The summed E-state index contributed by atoms with van der Waals surface area (Å²) in [5, 5.41) is 0. The molecule has 0 amide bonds. The number of hydrogen-bond donors (Lipinski definition) is 2. The van der Waals surface area contributed by atoms with Crippen molar-refractivity contribution in [3.8, 4) is 0 Å². The molecule has 15 heavy (non-hydrogen) atoms. The normalized spacial score (nSPS) is 10.9. The van der Waals surface area contributed by atoms with E-state index in [0.717, 1.165) is 31.0 Å². The van der Waals surface area contributed by atoms with Crippen LogP contribution in [0.15, 0.2) is 18.2 Å². The summed E-state index contributed by atoms with van der Waals surface area (Å²) in [4.78, 5) is 6.68. The number of rotatable bonds is 6. The van der Waals surface area contributed by atoms with Crippen LogP contribution < -0.4 is 11.5 Å². The van der Waals surface area contributed by atoms with Crippen molar-refractivity contribution in [3.63, 3.8) is 0 Å². The van der Waals surface area contributed by atoms with Gasteiger partial charge in [-0.25, -0.2) is 0 Å². The minimum atomic E-state index is 0.659. The molecule has 84 valence electrons. The molecule has 0 fully saturated rings. The maximum Gasteiger partial charge on any atom is 0.0547 e. The third-order valence-electron chi connectivity index (χ3n) is 2.22. The predicted octanol–water partition coefficient (Wildman–Crippen LogP) is 0.109. The highest BCUT2D eigenvalue weighted by molar-refractivity contribution is 5.09. The molecule has 4 heteroatoms. The second-order valence-corrected chi connectivity index (χ2v) is 3.62. The fraction of sp³-hybridized carbons (Fsp3) is 0.545. The third kappa shape index (κ3) is 4.38. The van der Waals surface area contributed by atoms with Gasteiger partial charge in [-0.05, 0) is 19.1 Å². The molecule has 0 atom stereocenters. The zero-order valence-corrected chi connectivity index (χ0v) is 9.32. The van der Waals surface area contributed by atoms with Gasteiger partial charge in [0.25, 0.3) is 0 Å². The van der Waals surface area contributed by atoms with Gasteiger partial charge in [-0.15, -0.1) is 0 Å². The van der Waals surface area contributed by atoms with Crippen LogP contribution in [0.1, 0.15) is 11.4 Å². The Morgan fingerprint density at radius 1 is 1.20 bits per heavy atom. The summed E-state index contributed by atoms with van der Waals surface area (Å²) in [7, 11) is 0. The van der Waals surface area contributed by atoms with E-state index < -0.39 is 0 Å². The minimum absolute atomic E-state index is 0.659. The second kappa shape index (κ2) is 6.50. The van der Waals surface area contributed by atoms with Gasteiger partial charge in [0.1, 0.15) is 0 Å². The minimum Gasteiger partial charge on any atom is -0.329 e. The summed E-state index contributed by atoms with van der Waals surface area (Å²) in [5.41, 5.74) is 13.2. The Bertz CT molecular complexity index is 282. The zero-order valence-electron chi connectivity index (χ0n) is 9.32. The second-order valence-electron chi connectivity index (χ2n) is 3.62. The summed E-state index contributed by atoms with van der Waals surface area (Å²) in [6, 6.07) is 6.06. The van der Waals surface area contributed by atoms with Crippen LogP contribution in [-0.4, -0.2) is 36.1 Å². The van der Waals surface area contributed by atoms with Gasteiger partial charge >= 0.3 is 0 Å². The molecule has 4 nitrogen and oxygen atoms in total. The van der Waals surface area contributed by atoms with Crippen molar-refractivity contribution in [2.75, 3.05) is 26.2 Å². The molecular weight excluding hydrogens is 188 g/mol. The van der Waals surface area contributed by atoms with E-state index in [4.69, 9.17) is 11.5 Å². The van der Waals surface area contributed by atoms with Gasteiger partial charge in [0.05, 0.1) is 5.69 Å². The lowest BCUT2D eigenvalue weighted by Crippen LogP contribution is -2.33. The molecule has 0 aromatic carbocycles. The van der Waals surface area contributed by atoms with Crippen LogP contribution in [0, 0.1) is 6.92 Å². The van der Waals surface area contributed by atoms with Crippen molar-refractivity contribution < 1.29 is 0 Å². The highest BCUT2D eigenvalue weighted by atomic mass is 15.1. The third-order valence-corrected chi connectivity index (χ3v) is 2.22. The van der Waals surface area contributed by atoms with Gasteiger partial charge in [-0.1, -0.05) is 6.07 Å². The van der Waals surface area contributed by atoms with Crippen LogP contribution in [0.25, 0.3) is 0 Å². The van der Waals surface area contributed by atoms with Gasteiger partial charge < -0.3 is 11.5 Å². The molecule has 0 unspecified atom stereocenters. The van der Waals surface area contributed by atoms with Crippen molar-refractivity contribution in [3.05, 3.63) is 29.6 Å². The smallest absolute Gasteiger partial charge is 0.0547 e. The topological polar surface area (TPSA) is 68.2 Å². The van der Waals surface area contributed by atoms with E-state index >= 15 is 0 Å². The predicted molar refractivity (Wildman–Crippen MR) is 62.4 cm³/mol. The molecule has 0 aliphatic heterocycles. The van der Waals surface area contributed by atoms with Crippen molar-refractivity contribution in [1.29, 1.82) is 0 Å². The number of nitrogens with zero attached hydrogens (tertiary/aromatic N) is 2. The highest BCUT2D eigenvalue weighted by Crippen LogP contribution is 2.02. The van der Waals surface area contributed by atoms with E-state index in [1.165, 1.54) is 0 Å². The van der Waals surface area contributed by atoms with Crippen molar-refractivity contribution >= 4 is 0 Å². The average Bonchev–Trinajstić information content (AvgIpc) is 2.18. The number of pyridine rings is 1. The van der Waals surface area contributed by atoms with Gasteiger partial charge in [0.15, 0.2) is 0 Å². The lowest BCUT2D eigenvalue weighted by atomic mass is 10.3. The fourth-order valence-corrected chi connectivity index (χ4v) is 1.55. The maximum absolute atomic E-state index is 5.54. The summed E-state index contributed by atoms with van der Waals surface area (Å²) in [6.07, 6.45) is 0. The molecule has 1 aromatic heterocycles. The monoisotopic (exact) mass is 208 g/mol. The SMILES string of the molecule is Cc1cccc(CN(CCN)CCN)n1. The molecule has 1 aromatic rings. The Balaban J connectivity index is 2.56. The molecule has 1 rings (SSSR count). The molecule has 0 aliphatic carbocycles. The highest BCUT2D eigenvalue weighted by Gasteiger charge is 2.04. The molecule has 0 bridgehead atoms. The summed E-state index contributed by atoms with van der Waals surface area (Å²) in [5.74, 6) is 0. The van der Waals surface area contributed by atoms with Crippen molar-refractivity contribution in [1.82, 2.24) is 9.88 Å². The summed E-state index contributed by atoms with van der Waals surface area (Å²) >= 11 is 0. The lowest BCUT2D eigenvalue weighted by molar-refractivity contribution is 0.277. The molecule has 4 N–H and O–H groups in total. The average molecular weight is 208 g/mol. The lowest BCUT2D eigenvalue weighted by Gasteiger charge is -2.20. The maximum atomic E-state index is 5.54.